The van der Waals surface area contributed by atoms with Crippen LogP contribution in [0.1, 0.15) is 79.1 Å². The molecule has 0 aromatic heterocycles. The second-order valence-corrected chi connectivity index (χ2v) is 9.59. The summed E-state index contributed by atoms with van der Waals surface area (Å²) in [5.74, 6) is 3.25. The fourth-order valence-electron chi connectivity index (χ4n) is 5.14. The highest BCUT2D eigenvalue weighted by Gasteiger charge is 2.53. The SMILES string of the molecule is CC(C)C1CC2(CC(OCC(C)C3CCC(C)(O)CC3)C2)C1. The summed E-state index contributed by atoms with van der Waals surface area (Å²) in [6.45, 7) is 10.0. The monoisotopic (exact) mass is 308 g/mol. The summed E-state index contributed by atoms with van der Waals surface area (Å²) in [5.41, 5.74) is 0.279. The molecule has 3 saturated carbocycles. The zero-order valence-electron chi connectivity index (χ0n) is 15.1. The maximum Gasteiger partial charge on any atom is 0.0620 e. The molecular weight excluding hydrogens is 272 g/mol. The molecule has 0 saturated heterocycles. The molecule has 3 aliphatic carbocycles. The van der Waals surface area contributed by atoms with Crippen molar-refractivity contribution in [3.05, 3.63) is 0 Å². The van der Waals surface area contributed by atoms with E-state index < -0.39 is 5.60 Å². The van der Waals surface area contributed by atoms with Crippen LogP contribution in [0.2, 0.25) is 0 Å². The van der Waals surface area contributed by atoms with E-state index in [1.165, 1.54) is 38.5 Å². The Hall–Kier alpha value is -0.0800. The molecule has 1 N–H and O–H groups in total. The Morgan fingerprint density at radius 3 is 2.14 bits per heavy atom. The van der Waals surface area contributed by atoms with E-state index in [9.17, 15) is 5.11 Å². The minimum atomic E-state index is -0.408. The largest absolute Gasteiger partial charge is 0.390 e. The van der Waals surface area contributed by atoms with Crippen molar-refractivity contribution in [1.82, 2.24) is 0 Å². The van der Waals surface area contributed by atoms with Crippen LogP contribution in [0.3, 0.4) is 0 Å². The molecule has 3 fully saturated rings. The molecule has 0 amide bonds. The van der Waals surface area contributed by atoms with Gasteiger partial charge in [-0.15, -0.1) is 0 Å². The molecule has 128 valence electrons. The summed E-state index contributed by atoms with van der Waals surface area (Å²) >= 11 is 0. The Morgan fingerprint density at radius 1 is 1.00 bits per heavy atom. The Morgan fingerprint density at radius 2 is 1.59 bits per heavy atom. The van der Waals surface area contributed by atoms with Gasteiger partial charge >= 0.3 is 0 Å². The molecule has 0 aliphatic heterocycles. The Balaban J connectivity index is 1.32. The summed E-state index contributed by atoms with van der Waals surface area (Å²) in [5, 5.41) is 10.1. The van der Waals surface area contributed by atoms with E-state index in [0.717, 1.165) is 37.2 Å². The van der Waals surface area contributed by atoms with Crippen molar-refractivity contribution >= 4 is 0 Å². The van der Waals surface area contributed by atoms with Crippen molar-refractivity contribution in [3.8, 4) is 0 Å². The van der Waals surface area contributed by atoms with Crippen LogP contribution < -0.4 is 0 Å². The van der Waals surface area contributed by atoms with Crippen molar-refractivity contribution in [1.29, 1.82) is 0 Å². The Kier molecular flexibility index (Phi) is 4.64. The van der Waals surface area contributed by atoms with E-state index in [4.69, 9.17) is 4.74 Å². The van der Waals surface area contributed by atoms with Crippen LogP contribution in [0.5, 0.6) is 0 Å². The normalized spacial score (nSPS) is 46.4. The average molecular weight is 309 g/mol. The fraction of sp³-hybridized carbons (Fsp3) is 1.00. The molecule has 1 atom stereocenters. The predicted molar refractivity (Wildman–Crippen MR) is 90.7 cm³/mol. The minimum absolute atomic E-state index is 0.408. The lowest BCUT2D eigenvalue weighted by molar-refractivity contribution is -0.153. The Labute approximate surface area is 137 Å². The highest BCUT2D eigenvalue weighted by atomic mass is 16.5. The van der Waals surface area contributed by atoms with Gasteiger partial charge in [0.15, 0.2) is 0 Å². The first-order chi connectivity index (χ1) is 10.3. The molecule has 0 heterocycles. The number of hydrogen-bond acceptors (Lipinski definition) is 2. The smallest absolute Gasteiger partial charge is 0.0620 e. The third-order valence-corrected chi connectivity index (χ3v) is 7.16. The minimum Gasteiger partial charge on any atom is -0.390 e. The summed E-state index contributed by atoms with van der Waals surface area (Å²) < 4.78 is 6.21. The van der Waals surface area contributed by atoms with Crippen molar-refractivity contribution in [2.75, 3.05) is 6.61 Å². The van der Waals surface area contributed by atoms with Crippen LogP contribution in [0.4, 0.5) is 0 Å². The van der Waals surface area contributed by atoms with Gasteiger partial charge in [0, 0.05) is 6.61 Å². The molecule has 1 spiro atoms. The zero-order valence-corrected chi connectivity index (χ0v) is 15.1. The molecular formula is C20H36O2. The van der Waals surface area contributed by atoms with E-state index >= 15 is 0 Å². The van der Waals surface area contributed by atoms with E-state index in [1.54, 1.807) is 0 Å². The van der Waals surface area contributed by atoms with Gasteiger partial charge in [-0.25, -0.2) is 0 Å². The first kappa shape index (κ1) is 16.8. The lowest BCUT2D eigenvalue weighted by atomic mass is 9.49. The van der Waals surface area contributed by atoms with Gasteiger partial charge in [-0.1, -0.05) is 20.8 Å². The van der Waals surface area contributed by atoms with Gasteiger partial charge in [-0.3, -0.25) is 0 Å². The van der Waals surface area contributed by atoms with E-state index in [-0.39, 0.29) is 0 Å². The molecule has 2 heteroatoms. The van der Waals surface area contributed by atoms with Gasteiger partial charge in [0.25, 0.3) is 0 Å². The van der Waals surface area contributed by atoms with Crippen LogP contribution in [-0.2, 0) is 4.74 Å². The van der Waals surface area contributed by atoms with Crippen molar-refractivity contribution in [2.45, 2.75) is 90.8 Å². The molecule has 3 rings (SSSR count). The average Bonchev–Trinajstić information content (AvgIpc) is 2.34. The van der Waals surface area contributed by atoms with Gasteiger partial charge in [-0.2, -0.15) is 0 Å². The van der Waals surface area contributed by atoms with Crippen LogP contribution in [0, 0.1) is 29.1 Å². The van der Waals surface area contributed by atoms with Gasteiger partial charge in [0.05, 0.1) is 11.7 Å². The second-order valence-electron chi connectivity index (χ2n) is 9.59. The quantitative estimate of drug-likeness (QED) is 0.791. The van der Waals surface area contributed by atoms with Crippen molar-refractivity contribution in [3.63, 3.8) is 0 Å². The number of hydrogen-bond donors (Lipinski definition) is 1. The predicted octanol–water partition coefficient (Wildman–Crippen LogP) is 4.80. The van der Waals surface area contributed by atoms with Gasteiger partial charge in [-0.05, 0) is 87.4 Å². The van der Waals surface area contributed by atoms with E-state index in [2.05, 4.69) is 20.8 Å². The van der Waals surface area contributed by atoms with E-state index in [1.807, 2.05) is 6.92 Å². The number of aliphatic hydroxyl groups is 1. The molecule has 0 bridgehead atoms. The standard InChI is InChI=1S/C20H36O2/c1-14(2)17-9-20(10-17)11-18(12-20)22-13-15(3)16-5-7-19(4,21)8-6-16/h14-18,21H,5-13H2,1-4H3. The third kappa shape index (κ3) is 3.53. The maximum atomic E-state index is 10.1. The number of rotatable bonds is 5. The highest BCUT2D eigenvalue weighted by molar-refractivity contribution is 5.04. The van der Waals surface area contributed by atoms with Gasteiger partial charge in [0.2, 0.25) is 0 Å². The lowest BCUT2D eigenvalue weighted by Crippen LogP contribution is -2.52. The third-order valence-electron chi connectivity index (χ3n) is 7.16. The van der Waals surface area contributed by atoms with Crippen LogP contribution >= 0.6 is 0 Å². The molecule has 2 nitrogen and oxygen atoms in total. The van der Waals surface area contributed by atoms with Crippen LogP contribution in [0.25, 0.3) is 0 Å². The van der Waals surface area contributed by atoms with Crippen molar-refractivity contribution < 1.29 is 9.84 Å². The summed E-state index contributed by atoms with van der Waals surface area (Å²) in [7, 11) is 0. The molecule has 0 aromatic rings. The van der Waals surface area contributed by atoms with Gasteiger partial charge < -0.3 is 9.84 Å². The summed E-state index contributed by atoms with van der Waals surface area (Å²) in [6, 6.07) is 0. The first-order valence-electron chi connectivity index (χ1n) is 9.63. The topological polar surface area (TPSA) is 29.5 Å². The Bertz CT molecular complexity index is 363. The van der Waals surface area contributed by atoms with Gasteiger partial charge in [0.1, 0.15) is 0 Å². The molecule has 0 aromatic carbocycles. The van der Waals surface area contributed by atoms with Crippen molar-refractivity contribution in [2.24, 2.45) is 29.1 Å². The van der Waals surface area contributed by atoms with E-state index in [0.29, 0.717) is 17.4 Å². The first-order valence-corrected chi connectivity index (χ1v) is 9.63. The highest BCUT2D eigenvalue weighted by Crippen LogP contribution is 2.61. The zero-order chi connectivity index (χ0) is 16.0. The van der Waals surface area contributed by atoms with Crippen LogP contribution in [-0.4, -0.2) is 23.4 Å². The second kappa shape index (κ2) is 6.09. The molecule has 3 aliphatic rings. The summed E-state index contributed by atoms with van der Waals surface area (Å²) in [6.07, 6.45) is 10.4. The lowest BCUT2D eigenvalue weighted by Gasteiger charge is -2.58. The maximum absolute atomic E-state index is 10.1. The molecule has 0 radical (unpaired) electrons. The van der Waals surface area contributed by atoms with Crippen LogP contribution in [0.15, 0.2) is 0 Å². The fourth-order valence-corrected chi connectivity index (χ4v) is 5.14. The molecule has 1 unspecified atom stereocenters. The molecule has 22 heavy (non-hydrogen) atoms. The summed E-state index contributed by atoms with van der Waals surface area (Å²) in [4.78, 5) is 0. The number of ether oxygens (including phenoxy) is 1.